The summed E-state index contributed by atoms with van der Waals surface area (Å²) in [5, 5.41) is 10.2. The Morgan fingerprint density at radius 2 is 1.95 bits per heavy atom. The lowest BCUT2D eigenvalue weighted by molar-refractivity contribution is -0.158. The molecule has 0 radical (unpaired) electrons. The van der Waals surface area contributed by atoms with Gasteiger partial charge in [-0.1, -0.05) is 13.8 Å². The third-order valence-corrected chi connectivity index (χ3v) is 7.90. The quantitative estimate of drug-likeness (QED) is 0.748. The number of Topliss-reactive ketones (excluding diaryl/α,β-unsaturated/α-hetero) is 2. The Balaban J connectivity index is 1.70. The second-order valence-corrected chi connectivity index (χ2v) is 9.16. The molecule has 3 heteroatoms. The smallest absolute Gasteiger partial charge is 0.137 e. The maximum atomic E-state index is 13.1. The second kappa shape index (κ2) is 4.66. The number of fused-ring (bicyclic) bond motifs is 5. The van der Waals surface area contributed by atoms with E-state index in [-0.39, 0.29) is 22.9 Å². The molecule has 0 heterocycles. The molecule has 122 valence electrons. The van der Waals surface area contributed by atoms with Crippen molar-refractivity contribution in [1.82, 2.24) is 0 Å². The summed E-state index contributed by atoms with van der Waals surface area (Å²) < 4.78 is 0. The summed E-state index contributed by atoms with van der Waals surface area (Å²) >= 11 is 0. The second-order valence-electron chi connectivity index (χ2n) is 9.16. The summed E-state index contributed by atoms with van der Waals surface area (Å²) in [7, 11) is 0. The molecule has 4 fully saturated rings. The van der Waals surface area contributed by atoms with Crippen LogP contribution in [-0.4, -0.2) is 22.8 Å². The number of carbonyl (C=O) groups is 2. The van der Waals surface area contributed by atoms with E-state index < -0.39 is 0 Å². The molecule has 0 aromatic carbocycles. The number of carbonyl (C=O) groups excluding carboxylic acids is 2. The lowest BCUT2D eigenvalue weighted by Crippen LogP contribution is -2.56. The maximum Gasteiger partial charge on any atom is 0.137 e. The van der Waals surface area contributed by atoms with Crippen LogP contribution in [0.4, 0.5) is 0 Å². The lowest BCUT2D eigenvalue weighted by Gasteiger charge is -2.58. The highest BCUT2D eigenvalue weighted by atomic mass is 16.3. The maximum absolute atomic E-state index is 13.1. The average Bonchev–Trinajstić information content (AvgIpc) is 2.73. The standard InChI is InChI=1S/C19H28O3/c1-18-9-13(21)8-15(18)14-4-3-11-7-12(20)5-6-19(11,2)17(14)16(22)10-18/h11,13-15,17,21H,3-10H2,1-2H3/t11-,13-,14+,15+,17-,18-,19-/m0/s1. The zero-order valence-corrected chi connectivity index (χ0v) is 13.8. The van der Waals surface area contributed by atoms with E-state index >= 15 is 0 Å². The fourth-order valence-corrected chi connectivity index (χ4v) is 6.91. The molecule has 0 aromatic rings. The van der Waals surface area contributed by atoms with E-state index in [1.165, 1.54) is 0 Å². The molecule has 4 rings (SSSR count). The Morgan fingerprint density at radius 1 is 1.18 bits per heavy atom. The van der Waals surface area contributed by atoms with Gasteiger partial charge in [0.2, 0.25) is 0 Å². The molecule has 0 unspecified atom stereocenters. The Hall–Kier alpha value is -0.700. The predicted molar refractivity (Wildman–Crippen MR) is 83.1 cm³/mol. The first kappa shape index (κ1) is 14.9. The Bertz CT molecular complexity index is 527. The fraction of sp³-hybridized carbons (Fsp3) is 0.895. The highest BCUT2D eigenvalue weighted by molar-refractivity contribution is 5.85. The molecule has 0 aliphatic heterocycles. The van der Waals surface area contributed by atoms with Crippen molar-refractivity contribution in [1.29, 1.82) is 0 Å². The summed E-state index contributed by atoms with van der Waals surface area (Å²) in [5.41, 5.74) is 0.0497. The van der Waals surface area contributed by atoms with Gasteiger partial charge >= 0.3 is 0 Å². The minimum atomic E-state index is -0.222. The zero-order chi connectivity index (χ0) is 15.7. The van der Waals surface area contributed by atoms with E-state index in [4.69, 9.17) is 0 Å². The number of hydrogen-bond acceptors (Lipinski definition) is 3. The third-order valence-electron chi connectivity index (χ3n) is 7.90. The Kier molecular flexibility index (Phi) is 3.15. The van der Waals surface area contributed by atoms with Crippen LogP contribution in [0.2, 0.25) is 0 Å². The summed E-state index contributed by atoms with van der Waals surface area (Å²) in [6.45, 7) is 4.51. The molecule has 3 nitrogen and oxygen atoms in total. The van der Waals surface area contributed by atoms with Crippen LogP contribution < -0.4 is 0 Å². The molecular formula is C19H28O3. The van der Waals surface area contributed by atoms with E-state index in [0.29, 0.717) is 48.6 Å². The van der Waals surface area contributed by atoms with Gasteiger partial charge in [-0.05, 0) is 60.7 Å². The summed E-state index contributed by atoms with van der Waals surface area (Å²) in [5.74, 6) is 2.32. The van der Waals surface area contributed by atoms with Crippen molar-refractivity contribution < 1.29 is 14.7 Å². The molecule has 0 spiro atoms. The summed E-state index contributed by atoms with van der Waals surface area (Å²) in [4.78, 5) is 24.9. The number of hydrogen-bond donors (Lipinski definition) is 1. The van der Waals surface area contributed by atoms with Gasteiger partial charge in [0.25, 0.3) is 0 Å². The molecule has 4 aliphatic rings. The fourth-order valence-electron chi connectivity index (χ4n) is 6.91. The largest absolute Gasteiger partial charge is 0.393 e. The minimum Gasteiger partial charge on any atom is -0.393 e. The van der Waals surface area contributed by atoms with Gasteiger partial charge in [0.1, 0.15) is 11.6 Å². The molecule has 1 N–H and O–H groups in total. The van der Waals surface area contributed by atoms with Crippen molar-refractivity contribution in [2.45, 2.75) is 71.3 Å². The van der Waals surface area contributed by atoms with Gasteiger partial charge in [0.15, 0.2) is 0 Å². The first-order valence-corrected chi connectivity index (χ1v) is 9.06. The van der Waals surface area contributed by atoms with Crippen LogP contribution in [-0.2, 0) is 9.59 Å². The van der Waals surface area contributed by atoms with Crippen molar-refractivity contribution in [3.05, 3.63) is 0 Å². The van der Waals surface area contributed by atoms with Gasteiger partial charge in [-0.25, -0.2) is 0 Å². The van der Waals surface area contributed by atoms with Crippen molar-refractivity contribution in [3.63, 3.8) is 0 Å². The SMILES string of the molecule is C[C@]12CC(=O)[C@@H]3[C@H](CC[C@H]4CC(=O)CC[C@@]43C)[C@H]1C[C@H](O)C2. The van der Waals surface area contributed by atoms with Crippen LogP contribution in [0.3, 0.4) is 0 Å². The molecule has 0 aromatic heterocycles. The number of ketones is 2. The van der Waals surface area contributed by atoms with Crippen LogP contribution in [0.1, 0.15) is 65.2 Å². The van der Waals surface area contributed by atoms with Crippen molar-refractivity contribution >= 4 is 11.6 Å². The van der Waals surface area contributed by atoms with Crippen molar-refractivity contribution in [3.8, 4) is 0 Å². The zero-order valence-electron chi connectivity index (χ0n) is 13.8. The summed E-state index contributed by atoms with van der Waals surface area (Å²) in [6, 6.07) is 0. The Labute approximate surface area is 132 Å². The molecule has 4 saturated carbocycles. The average molecular weight is 304 g/mol. The Morgan fingerprint density at radius 3 is 2.73 bits per heavy atom. The van der Waals surface area contributed by atoms with Crippen LogP contribution in [0.15, 0.2) is 0 Å². The third kappa shape index (κ3) is 1.90. The highest BCUT2D eigenvalue weighted by Crippen LogP contribution is 2.64. The van der Waals surface area contributed by atoms with Gasteiger partial charge in [-0.2, -0.15) is 0 Å². The van der Waals surface area contributed by atoms with Crippen LogP contribution in [0.5, 0.6) is 0 Å². The normalized spacial score (nSPS) is 54.6. The van der Waals surface area contributed by atoms with Crippen LogP contribution in [0.25, 0.3) is 0 Å². The van der Waals surface area contributed by atoms with Crippen molar-refractivity contribution in [2.24, 2.45) is 34.5 Å². The molecule has 22 heavy (non-hydrogen) atoms. The molecule has 4 aliphatic carbocycles. The molecule has 0 saturated heterocycles. The van der Waals surface area contributed by atoms with E-state index in [0.717, 1.165) is 32.1 Å². The van der Waals surface area contributed by atoms with Gasteiger partial charge in [-0.3, -0.25) is 9.59 Å². The van der Waals surface area contributed by atoms with Crippen LogP contribution >= 0.6 is 0 Å². The predicted octanol–water partition coefficient (Wildman–Crippen LogP) is 3.14. The first-order valence-electron chi connectivity index (χ1n) is 9.06. The van der Waals surface area contributed by atoms with E-state index in [1.54, 1.807) is 0 Å². The summed E-state index contributed by atoms with van der Waals surface area (Å²) in [6.07, 6.45) is 6.53. The molecule has 0 bridgehead atoms. The monoisotopic (exact) mass is 304 g/mol. The van der Waals surface area contributed by atoms with Gasteiger partial charge in [-0.15, -0.1) is 0 Å². The van der Waals surface area contributed by atoms with Gasteiger partial charge in [0, 0.05) is 25.2 Å². The van der Waals surface area contributed by atoms with Gasteiger partial charge < -0.3 is 5.11 Å². The minimum absolute atomic E-state index is 0.0192. The number of aliphatic hydroxyl groups excluding tert-OH is 1. The van der Waals surface area contributed by atoms with E-state index in [1.807, 2.05) is 0 Å². The number of aliphatic hydroxyl groups is 1. The van der Waals surface area contributed by atoms with Crippen LogP contribution in [0, 0.1) is 34.5 Å². The topological polar surface area (TPSA) is 54.4 Å². The molecular weight excluding hydrogens is 276 g/mol. The molecule has 7 atom stereocenters. The molecule has 0 amide bonds. The number of rotatable bonds is 0. The van der Waals surface area contributed by atoms with E-state index in [9.17, 15) is 14.7 Å². The lowest BCUT2D eigenvalue weighted by atomic mass is 9.45. The highest BCUT2D eigenvalue weighted by Gasteiger charge is 2.62. The van der Waals surface area contributed by atoms with Crippen molar-refractivity contribution in [2.75, 3.05) is 0 Å². The first-order chi connectivity index (χ1) is 10.3. The van der Waals surface area contributed by atoms with E-state index in [2.05, 4.69) is 13.8 Å². The van der Waals surface area contributed by atoms with Gasteiger partial charge in [0.05, 0.1) is 6.10 Å².